The average molecular weight is 416 g/mol. The van der Waals surface area contributed by atoms with Gasteiger partial charge in [-0.3, -0.25) is 14.2 Å². The summed E-state index contributed by atoms with van der Waals surface area (Å²) in [7, 11) is 0. The third-order valence-corrected chi connectivity index (χ3v) is 4.77. The van der Waals surface area contributed by atoms with Crippen molar-refractivity contribution < 1.29 is 19.4 Å². The summed E-state index contributed by atoms with van der Waals surface area (Å²) in [6.07, 6.45) is 0.0419. The first-order valence-electron chi connectivity index (χ1n) is 8.21. The molecule has 0 radical (unpaired) electrons. The highest BCUT2D eigenvalue weighted by Gasteiger charge is 2.22. The molecule has 0 saturated heterocycles. The molecule has 5 nitrogen and oxygen atoms in total. The van der Waals surface area contributed by atoms with Gasteiger partial charge in [0.2, 0.25) is 0 Å². The minimum absolute atomic E-state index is 0.0419. The molecule has 0 unspecified atom stereocenters. The predicted octanol–water partition coefficient (Wildman–Crippen LogP) is 4.21. The zero-order chi connectivity index (χ0) is 18.8. The Morgan fingerprint density at radius 2 is 1.85 bits per heavy atom. The summed E-state index contributed by atoms with van der Waals surface area (Å²) < 4.78 is 7.51. The summed E-state index contributed by atoms with van der Waals surface area (Å²) in [5, 5.41) is 10.5. The Labute approximate surface area is 159 Å². The molecule has 0 atom stereocenters. The number of ether oxygens (including phenoxy) is 1. The lowest BCUT2D eigenvalue weighted by molar-refractivity contribution is -0.142. The maximum absolute atomic E-state index is 13.1. The van der Waals surface area contributed by atoms with Crippen LogP contribution in [0.5, 0.6) is 5.75 Å². The van der Waals surface area contributed by atoms with E-state index in [-0.39, 0.29) is 24.0 Å². The Bertz CT molecular complexity index is 989. The van der Waals surface area contributed by atoms with E-state index in [4.69, 9.17) is 4.74 Å². The van der Waals surface area contributed by atoms with E-state index in [0.717, 1.165) is 4.47 Å². The van der Waals surface area contributed by atoms with Crippen LogP contribution in [0.1, 0.15) is 28.5 Å². The van der Waals surface area contributed by atoms with Crippen molar-refractivity contribution in [1.82, 2.24) is 4.57 Å². The fourth-order valence-electron chi connectivity index (χ4n) is 3.03. The lowest BCUT2D eigenvalue weighted by atomic mass is 10.1. The molecule has 1 N–H and O–H groups in total. The number of hydrogen-bond acceptors (Lipinski definition) is 4. The average Bonchev–Trinajstić information content (AvgIpc) is 2.87. The SMILES string of the molecule is CCOC(=O)Cc1c(C)n(C(=O)c2ccc(Br)cc2)c2ccc(O)cc12. The lowest BCUT2D eigenvalue weighted by Gasteiger charge is -2.08. The molecule has 0 saturated carbocycles. The Hall–Kier alpha value is -2.60. The van der Waals surface area contributed by atoms with Gasteiger partial charge < -0.3 is 9.84 Å². The third-order valence-electron chi connectivity index (χ3n) is 4.24. The molecule has 0 spiro atoms. The van der Waals surface area contributed by atoms with Crippen LogP contribution in [-0.4, -0.2) is 28.2 Å². The van der Waals surface area contributed by atoms with Gasteiger partial charge in [0.1, 0.15) is 5.75 Å². The van der Waals surface area contributed by atoms with Gasteiger partial charge >= 0.3 is 5.97 Å². The molecular weight excluding hydrogens is 398 g/mol. The molecule has 0 fully saturated rings. The van der Waals surface area contributed by atoms with Crippen LogP contribution in [0.15, 0.2) is 46.9 Å². The third kappa shape index (κ3) is 3.37. The number of esters is 1. The van der Waals surface area contributed by atoms with Crippen molar-refractivity contribution in [2.45, 2.75) is 20.3 Å². The molecule has 1 aromatic heterocycles. The first-order valence-corrected chi connectivity index (χ1v) is 9.00. The summed E-state index contributed by atoms with van der Waals surface area (Å²) >= 11 is 3.36. The molecule has 0 bridgehead atoms. The molecule has 134 valence electrons. The first-order chi connectivity index (χ1) is 12.4. The zero-order valence-corrected chi connectivity index (χ0v) is 16.0. The second-order valence-electron chi connectivity index (χ2n) is 5.89. The smallest absolute Gasteiger partial charge is 0.310 e. The largest absolute Gasteiger partial charge is 0.508 e. The molecule has 1 heterocycles. The Balaban J connectivity index is 2.16. The van der Waals surface area contributed by atoms with Gasteiger partial charge in [0.25, 0.3) is 5.91 Å². The quantitative estimate of drug-likeness (QED) is 0.647. The highest BCUT2D eigenvalue weighted by Crippen LogP contribution is 2.30. The van der Waals surface area contributed by atoms with Crippen molar-refractivity contribution in [2.24, 2.45) is 0 Å². The van der Waals surface area contributed by atoms with E-state index >= 15 is 0 Å². The van der Waals surface area contributed by atoms with Gasteiger partial charge in [-0.05, 0) is 61.9 Å². The number of rotatable bonds is 4. The van der Waals surface area contributed by atoms with Crippen LogP contribution in [0.2, 0.25) is 0 Å². The van der Waals surface area contributed by atoms with E-state index in [0.29, 0.717) is 34.3 Å². The van der Waals surface area contributed by atoms with E-state index in [1.807, 2.05) is 0 Å². The van der Waals surface area contributed by atoms with E-state index in [9.17, 15) is 14.7 Å². The second kappa shape index (κ2) is 7.33. The second-order valence-corrected chi connectivity index (χ2v) is 6.81. The van der Waals surface area contributed by atoms with Crippen LogP contribution >= 0.6 is 15.9 Å². The van der Waals surface area contributed by atoms with Crippen LogP contribution in [0.25, 0.3) is 10.9 Å². The van der Waals surface area contributed by atoms with Crippen LogP contribution in [0.3, 0.4) is 0 Å². The van der Waals surface area contributed by atoms with Crippen LogP contribution in [-0.2, 0) is 16.0 Å². The molecule has 0 aliphatic heterocycles. The minimum Gasteiger partial charge on any atom is -0.508 e. The molecule has 3 rings (SSSR count). The van der Waals surface area contributed by atoms with Crippen molar-refractivity contribution in [3.05, 3.63) is 63.8 Å². The van der Waals surface area contributed by atoms with Crippen LogP contribution in [0.4, 0.5) is 0 Å². The first kappa shape index (κ1) is 18.2. The molecular formula is C20H18BrNO4. The summed E-state index contributed by atoms with van der Waals surface area (Å²) in [6.45, 7) is 3.83. The summed E-state index contributed by atoms with van der Waals surface area (Å²) in [6, 6.07) is 11.9. The summed E-state index contributed by atoms with van der Waals surface area (Å²) in [4.78, 5) is 25.1. The topological polar surface area (TPSA) is 68.5 Å². The Morgan fingerprint density at radius 3 is 2.50 bits per heavy atom. The van der Waals surface area contributed by atoms with E-state index in [1.54, 1.807) is 54.8 Å². The maximum Gasteiger partial charge on any atom is 0.310 e. The van der Waals surface area contributed by atoms with Crippen molar-refractivity contribution in [2.75, 3.05) is 6.61 Å². The highest BCUT2D eigenvalue weighted by atomic mass is 79.9. The van der Waals surface area contributed by atoms with E-state index < -0.39 is 0 Å². The highest BCUT2D eigenvalue weighted by molar-refractivity contribution is 9.10. The van der Waals surface area contributed by atoms with Gasteiger partial charge in [0, 0.05) is 21.1 Å². The van der Waals surface area contributed by atoms with Gasteiger partial charge in [0.15, 0.2) is 0 Å². The monoisotopic (exact) mass is 415 g/mol. The molecule has 3 aromatic rings. The number of benzene rings is 2. The fraction of sp³-hybridized carbons (Fsp3) is 0.200. The molecule has 0 amide bonds. The zero-order valence-electron chi connectivity index (χ0n) is 14.5. The van der Waals surface area contributed by atoms with Crippen LogP contribution in [0, 0.1) is 6.92 Å². The van der Waals surface area contributed by atoms with E-state index in [2.05, 4.69) is 15.9 Å². The normalized spacial score (nSPS) is 10.9. The Morgan fingerprint density at radius 1 is 1.15 bits per heavy atom. The van der Waals surface area contributed by atoms with Crippen LogP contribution < -0.4 is 0 Å². The van der Waals surface area contributed by atoms with Crippen molar-refractivity contribution in [3.63, 3.8) is 0 Å². The molecule has 2 aromatic carbocycles. The predicted molar refractivity (Wildman–Crippen MR) is 103 cm³/mol. The van der Waals surface area contributed by atoms with Gasteiger partial charge in [-0.25, -0.2) is 0 Å². The standard InChI is InChI=1S/C20H18BrNO4/c1-3-26-19(24)11-16-12(2)22(18-9-8-15(23)10-17(16)18)20(25)13-4-6-14(21)7-5-13/h4-10,23H,3,11H2,1-2H3. The van der Waals surface area contributed by atoms with Gasteiger partial charge in [-0.15, -0.1) is 0 Å². The summed E-state index contributed by atoms with van der Waals surface area (Å²) in [5.41, 5.74) is 2.52. The summed E-state index contributed by atoms with van der Waals surface area (Å²) in [5.74, 6) is -0.481. The number of aromatic hydroxyl groups is 1. The molecule has 26 heavy (non-hydrogen) atoms. The number of carbonyl (C=O) groups excluding carboxylic acids is 2. The van der Waals surface area contributed by atoms with Crippen molar-refractivity contribution in [3.8, 4) is 5.75 Å². The molecule has 6 heteroatoms. The molecule has 0 aliphatic rings. The number of nitrogens with zero attached hydrogens (tertiary/aromatic N) is 1. The van der Waals surface area contributed by atoms with E-state index in [1.165, 1.54) is 6.07 Å². The van der Waals surface area contributed by atoms with Crippen molar-refractivity contribution >= 4 is 38.7 Å². The number of phenolic OH excluding ortho intramolecular Hbond substituents is 1. The Kier molecular flexibility index (Phi) is 5.13. The number of phenols is 1. The van der Waals surface area contributed by atoms with Gasteiger partial charge in [-0.2, -0.15) is 0 Å². The number of carbonyl (C=O) groups is 2. The number of fused-ring (bicyclic) bond motifs is 1. The van der Waals surface area contributed by atoms with Gasteiger partial charge in [0.05, 0.1) is 18.5 Å². The number of halogens is 1. The number of hydrogen-bond donors (Lipinski definition) is 1. The maximum atomic E-state index is 13.1. The lowest BCUT2D eigenvalue weighted by Crippen LogP contribution is -2.14. The van der Waals surface area contributed by atoms with Crippen molar-refractivity contribution in [1.29, 1.82) is 0 Å². The molecule has 0 aliphatic carbocycles. The fourth-order valence-corrected chi connectivity index (χ4v) is 3.30. The number of aromatic nitrogens is 1. The van der Waals surface area contributed by atoms with Gasteiger partial charge in [-0.1, -0.05) is 15.9 Å². The minimum atomic E-state index is -0.367.